The number of carboxylic acid groups (broad SMARTS) is 1. The summed E-state index contributed by atoms with van der Waals surface area (Å²) < 4.78 is 38.6. The van der Waals surface area contributed by atoms with E-state index in [1.54, 1.807) is 0 Å². The van der Waals surface area contributed by atoms with Crippen LogP contribution in [0.25, 0.3) is 0 Å². The van der Waals surface area contributed by atoms with Gasteiger partial charge in [-0.3, -0.25) is 4.79 Å². The maximum atomic E-state index is 13.1. The Morgan fingerprint density at radius 2 is 1.80 bits per heavy atom. The molecule has 1 atom stereocenters. The molecule has 0 aromatic heterocycles. The minimum atomic E-state index is -1.33. The van der Waals surface area contributed by atoms with E-state index in [-0.39, 0.29) is 0 Å². The number of aliphatic carboxylic acids is 1. The Balaban J connectivity index is 3.08. The van der Waals surface area contributed by atoms with Crippen molar-refractivity contribution < 1.29 is 23.1 Å². The van der Waals surface area contributed by atoms with Crippen LogP contribution in [0.5, 0.6) is 0 Å². The van der Waals surface area contributed by atoms with E-state index < -0.39 is 41.4 Å². The lowest BCUT2D eigenvalue weighted by atomic mass is 10.0. The quantitative estimate of drug-likeness (QED) is 0.811. The van der Waals surface area contributed by atoms with Gasteiger partial charge in [0.2, 0.25) is 0 Å². The summed E-state index contributed by atoms with van der Waals surface area (Å²) in [6.45, 7) is 0. The van der Waals surface area contributed by atoms with E-state index >= 15 is 0 Å². The number of hydrogen-bond acceptors (Lipinski definition) is 2. The van der Waals surface area contributed by atoms with E-state index in [4.69, 9.17) is 10.8 Å². The van der Waals surface area contributed by atoms with Crippen molar-refractivity contribution in [1.29, 1.82) is 0 Å². The number of halogens is 3. The molecule has 15 heavy (non-hydrogen) atoms. The summed E-state index contributed by atoms with van der Waals surface area (Å²) in [5.41, 5.74) is 4.65. The van der Waals surface area contributed by atoms with E-state index in [9.17, 15) is 18.0 Å². The maximum Gasteiger partial charge on any atom is 0.305 e. The van der Waals surface area contributed by atoms with Crippen molar-refractivity contribution in [3.63, 3.8) is 0 Å². The van der Waals surface area contributed by atoms with Crippen LogP contribution in [-0.4, -0.2) is 11.1 Å². The molecule has 0 bridgehead atoms. The monoisotopic (exact) mass is 219 g/mol. The van der Waals surface area contributed by atoms with Crippen LogP contribution < -0.4 is 5.73 Å². The number of carboxylic acids is 1. The van der Waals surface area contributed by atoms with Gasteiger partial charge < -0.3 is 10.8 Å². The first-order valence-electron chi connectivity index (χ1n) is 4.03. The van der Waals surface area contributed by atoms with Crippen LogP contribution in [0.3, 0.4) is 0 Å². The van der Waals surface area contributed by atoms with Crippen LogP contribution in [0.15, 0.2) is 12.1 Å². The second kappa shape index (κ2) is 4.31. The van der Waals surface area contributed by atoms with E-state index in [2.05, 4.69) is 0 Å². The number of rotatable bonds is 3. The van der Waals surface area contributed by atoms with Crippen LogP contribution >= 0.6 is 0 Å². The summed E-state index contributed by atoms with van der Waals surface area (Å²) in [4.78, 5) is 10.3. The fourth-order valence-corrected chi connectivity index (χ4v) is 1.20. The standard InChI is InChI=1S/C9H8F3NO2/c10-4-1-5(11)9(6(12)2-4)7(13)3-8(14)15/h1-2,7H,3,13H2,(H,14,15). The Kier molecular flexibility index (Phi) is 3.31. The summed E-state index contributed by atoms with van der Waals surface area (Å²) in [5.74, 6) is -4.72. The molecule has 1 unspecified atom stereocenters. The molecule has 0 aliphatic rings. The number of nitrogens with two attached hydrogens (primary N) is 1. The Labute approximate surface area is 83.3 Å². The number of carbonyl (C=O) groups is 1. The van der Waals surface area contributed by atoms with E-state index in [0.29, 0.717) is 12.1 Å². The van der Waals surface area contributed by atoms with E-state index in [1.165, 1.54) is 0 Å². The molecule has 1 aromatic rings. The second-order valence-corrected chi connectivity index (χ2v) is 2.99. The largest absolute Gasteiger partial charge is 0.481 e. The van der Waals surface area contributed by atoms with Gasteiger partial charge in [-0.2, -0.15) is 0 Å². The lowest BCUT2D eigenvalue weighted by molar-refractivity contribution is -0.137. The molecule has 0 heterocycles. The number of hydrogen-bond donors (Lipinski definition) is 2. The van der Waals surface area contributed by atoms with Crippen molar-refractivity contribution >= 4 is 5.97 Å². The van der Waals surface area contributed by atoms with Crippen LogP contribution in [-0.2, 0) is 4.79 Å². The van der Waals surface area contributed by atoms with Crippen LogP contribution in [0.2, 0.25) is 0 Å². The SMILES string of the molecule is NC(CC(=O)O)c1c(F)cc(F)cc1F. The zero-order valence-electron chi connectivity index (χ0n) is 7.51. The van der Waals surface area contributed by atoms with Crippen LogP contribution in [0.4, 0.5) is 13.2 Å². The van der Waals surface area contributed by atoms with Gasteiger partial charge in [0.05, 0.1) is 6.42 Å². The third kappa shape index (κ3) is 2.69. The molecule has 0 radical (unpaired) electrons. The molecule has 0 spiro atoms. The zero-order chi connectivity index (χ0) is 11.6. The first-order chi connectivity index (χ1) is 6.91. The topological polar surface area (TPSA) is 63.3 Å². The molecule has 0 aliphatic heterocycles. The normalized spacial score (nSPS) is 12.5. The van der Waals surface area contributed by atoms with Gasteiger partial charge in [-0.1, -0.05) is 0 Å². The summed E-state index contributed by atoms with van der Waals surface area (Å²) in [5, 5.41) is 8.38. The van der Waals surface area contributed by atoms with Crippen LogP contribution in [0, 0.1) is 17.5 Å². The predicted molar refractivity (Wildman–Crippen MR) is 45.5 cm³/mol. The van der Waals surface area contributed by atoms with Crippen molar-refractivity contribution in [3.05, 3.63) is 35.1 Å². The summed E-state index contributed by atoms with van der Waals surface area (Å²) in [7, 11) is 0. The molecule has 0 saturated heterocycles. The average molecular weight is 219 g/mol. The highest BCUT2D eigenvalue weighted by Crippen LogP contribution is 2.22. The molecule has 0 fully saturated rings. The third-order valence-electron chi connectivity index (χ3n) is 1.81. The Bertz CT molecular complexity index is 372. The molecular formula is C9H8F3NO2. The zero-order valence-corrected chi connectivity index (χ0v) is 7.51. The van der Waals surface area contributed by atoms with Gasteiger partial charge in [-0.25, -0.2) is 13.2 Å². The maximum absolute atomic E-state index is 13.1. The highest BCUT2D eigenvalue weighted by Gasteiger charge is 2.20. The molecule has 82 valence electrons. The smallest absolute Gasteiger partial charge is 0.305 e. The number of benzene rings is 1. The Morgan fingerprint density at radius 1 is 1.33 bits per heavy atom. The minimum Gasteiger partial charge on any atom is -0.481 e. The van der Waals surface area contributed by atoms with Gasteiger partial charge in [0.25, 0.3) is 0 Å². The van der Waals surface area contributed by atoms with E-state index in [1.807, 2.05) is 0 Å². The van der Waals surface area contributed by atoms with Crippen molar-refractivity contribution in [2.75, 3.05) is 0 Å². The predicted octanol–water partition coefficient (Wildman–Crippen LogP) is 1.58. The Hall–Kier alpha value is -1.56. The summed E-state index contributed by atoms with van der Waals surface area (Å²) in [6, 6.07) is -0.414. The lowest BCUT2D eigenvalue weighted by Crippen LogP contribution is -2.18. The second-order valence-electron chi connectivity index (χ2n) is 2.99. The van der Waals surface area contributed by atoms with E-state index in [0.717, 1.165) is 0 Å². The molecule has 0 amide bonds. The molecule has 1 rings (SSSR count). The van der Waals surface area contributed by atoms with Gasteiger partial charge >= 0.3 is 5.97 Å². The van der Waals surface area contributed by atoms with Crippen molar-refractivity contribution in [2.24, 2.45) is 5.73 Å². The molecular weight excluding hydrogens is 211 g/mol. The van der Waals surface area contributed by atoms with Crippen LogP contribution in [0.1, 0.15) is 18.0 Å². The van der Waals surface area contributed by atoms with Gasteiger partial charge in [-0.05, 0) is 0 Å². The molecule has 0 aliphatic carbocycles. The Morgan fingerprint density at radius 3 is 2.20 bits per heavy atom. The molecule has 0 saturated carbocycles. The highest BCUT2D eigenvalue weighted by molar-refractivity contribution is 5.67. The first-order valence-corrected chi connectivity index (χ1v) is 4.03. The molecule has 3 nitrogen and oxygen atoms in total. The summed E-state index contributed by atoms with van der Waals surface area (Å²) >= 11 is 0. The average Bonchev–Trinajstić information content (AvgIpc) is 1.99. The van der Waals surface area contributed by atoms with Crippen molar-refractivity contribution in [2.45, 2.75) is 12.5 Å². The molecule has 1 aromatic carbocycles. The summed E-state index contributed by atoms with van der Waals surface area (Å²) in [6.07, 6.45) is -0.626. The fraction of sp³-hybridized carbons (Fsp3) is 0.222. The first kappa shape index (κ1) is 11.5. The highest BCUT2D eigenvalue weighted by atomic mass is 19.1. The lowest BCUT2D eigenvalue weighted by Gasteiger charge is -2.11. The third-order valence-corrected chi connectivity index (χ3v) is 1.81. The molecule has 6 heteroatoms. The van der Waals surface area contributed by atoms with Gasteiger partial charge in [0.15, 0.2) is 0 Å². The molecule has 3 N–H and O–H groups in total. The van der Waals surface area contributed by atoms with Crippen molar-refractivity contribution in [3.8, 4) is 0 Å². The van der Waals surface area contributed by atoms with Gasteiger partial charge in [-0.15, -0.1) is 0 Å². The minimum absolute atomic E-state index is 0.458. The van der Waals surface area contributed by atoms with Gasteiger partial charge in [0.1, 0.15) is 17.5 Å². The van der Waals surface area contributed by atoms with Gasteiger partial charge in [0, 0.05) is 23.7 Å². The fourth-order valence-electron chi connectivity index (χ4n) is 1.20. The van der Waals surface area contributed by atoms with Crippen molar-refractivity contribution in [1.82, 2.24) is 0 Å².